The maximum Gasteiger partial charge on any atom is 0.338 e. The Kier molecular flexibility index (Phi) is 6.12. The zero-order valence-electron chi connectivity index (χ0n) is 17.2. The van der Waals surface area contributed by atoms with Gasteiger partial charge >= 0.3 is 5.97 Å². The summed E-state index contributed by atoms with van der Waals surface area (Å²) in [6.45, 7) is 4.24. The Morgan fingerprint density at radius 1 is 0.935 bits per heavy atom. The number of hydrogen-bond acceptors (Lipinski definition) is 5. The first-order chi connectivity index (χ1) is 15.1. The molecule has 31 heavy (non-hydrogen) atoms. The van der Waals surface area contributed by atoms with Crippen molar-refractivity contribution in [3.63, 3.8) is 0 Å². The summed E-state index contributed by atoms with van der Waals surface area (Å²) in [4.78, 5) is 30.2. The number of pyridine rings is 1. The summed E-state index contributed by atoms with van der Waals surface area (Å²) < 4.78 is 1.55. The van der Waals surface area contributed by atoms with Gasteiger partial charge in [-0.3, -0.25) is 19.2 Å². The summed E-state index contributed by atoms with van der Waals surface area (Å²) in [6.07, 6.45) is 0.501. The number of nitriles is 1. The zero-order valence-corrected chi connectivity index (χ0v) is 17.2. The smallest absolute Gasteiger partial charge is 0.338 e. The van der Waals surface area contributed by atoms with Crippen molar-refractivity contribution in [2.45, 2.75) is 13.0 Å². The average molecular weight is 416 g/mol. The maximum atomic E-state index is 13.4. The van der Waals surface area contributed by atoms with Gasteiger partial charge in [-0.05, 0) is 18.2 Å². The van der Waals surface area contributed by atoms with Gasteiger partial charge in [-0.25, -0.2) is 4.79 Å². The number of nitrogens with zero attached hydrogens (tertiary/aromatic N) is 4. The molecule has 2 aromatic carbocycles. The van der Waals surface area contributed by atoms with E-state index in [2.05, 4.69) is 15.9 Å². The molecule has 0 bridgehead atoms. The van der Waals surface area contributed by atoms with Crippen molar-refractivity contribution in [2.75, 3.05) is 32.7 Å². The van der Waals surface area contributed by atoms with Crippen molar-refractivity contribution in [2.24, 2.45) is 0 Å². The lowest BCUT2D eigenvalue weighted by molar-refractivity contribution is 0.0693. The number of piperazine rings is 1. The molecule has 7 nitrogen and oxygen atoms in total. The van der Waals surface area contributed by atoms with Gasteiger partial charge in [-0.15, -0.1) is 0 Å². The van der Waals surface area contributed by atoms with Crippen LogP contribution >= 0.6 is 0 Å². The standard InChI is InChI=1S/C24H24N4O3/c25-11-6-12-26-13-15-27(16-14-26)17-21-22(24(30)31)19-9-4-5-10-20(19)23(29)28(21)18-7-2-1-3-8-18/h1-5,7-10H,6,12-17H2,(H,30,31). The number of carboxylic acids is 1. The molecular weight excluding hydrogens is 392 g/mol. The Labute approximate surface area is 180 Å². The summed E-state index contributed by atoms with van der Waals surface area (Å²) in [6, 6.07) is 18.3. The van der Waals surface area contributed by atoms with Gasteiger partial charge in [0, 0.05) is 62.1 Å². The van der Waals surface area contributed by atoms with Crippen molar-refractivity contribution < 1.29 is 9.90 Å². The molecule has 0 aliphatic carbocycles. The molecule has 0 amide bonds. The van der Waals surface area contributed by atoms with Gasteiger partial charge < -0.3 is 5.11 Å². The van der Waals surface area contributed by atoms with E-state index in [1.165, 1.54) is 0 Å². The Morgan fingerprint density at radius 3 is 2.19 bits per heavy atom. The molecule has 1 aromatic heterocycles. The van der Waals surface area contributed by atoms with Crippen LogP contribution in [0.15, 0.2) is 59.4 Å². The summed E-state index contributed by atoms with van der Waals surface area (Å²) in [5.41, 5.74) is 1.11. The molecule has 0 spiro atoms. The van der Waals surface area contributed by atoms with Crippen LogP contribution < -0.4 is 5.56 Å². The average Bonchev–Trinajstić information content (AvgIpc) is 2.79. The Morgan fingerprint density at radius 2 is 1.55 bits per heavy atom. The topological polar surface area (TPSA) is 89.6 Å². The minimum Gasteiger partial charge on any atom is -0.478 e. The second-order valence-electron chi connectivity index (χ2n) is 7.67. The largest absolute Gasteiger partial charge is 0.478 e. The number of benzene rings is 2. The highest BCUT2D eigenvalue weighted by Crippen LogP contribution is 2.24. The third-order valence-corrected chi connectivity index (χ3v) is 5.79. The summed E-state index contributed by atoms with van der Waals surface area (Å²) in [5, 5.41) is 19.8. The minimum absolute atomic E-state index is 0.172. The minimum atomic E-state index is -1.04. The van der Waals surface area contributed by atoms with Crippen LogP contribution in [-0.4, -0.2) is 58.2 Å². The molecular formula is C24H24N4O3. The van der Waals surface area contributed by atoms with Gasteiger partial charge in [0.2, 0.25) is 0 Å². The fourth-order valence-electron chi connectivity index (χ4n) is 4.23. The number of aromatic carboxylic acids is 1. The number of hydrogen-bond donors (Lipinski definition) is 1. The lowest BCUT2D eigenvalue weighted by atomic mass is 10.0. The van der Waals surface area contributed by atoms with Crippen LogP contribution in [0.5, 0.6) is 0 Å². The Bertz CT molecular complexity index is 1190. The molecule has 0 saturated carbocycles. The molecule has 1 saturated heterocycles. The van der Waals surface area contributed by atoms with Gasteiger partial charge in [0.05, 0.1) is 17.3 Å². The maximum absolute atomic E-state index is 13.4. The molecule has 158 valence electrons. The van der Waals surface area contributed by atoms with Crippen LogP contribution in [0.4, 0.5) is 0 Å². The van der Waals surface area contributed by atoms with Crippen molar-refractivity contribution in [3.05, 3.63) is 76.2 Å². The normalized spacial score (nSPS) is 15.1. The van der Waals surface area contributed by atoms with E-state index in [-0.39, 0.29) is 11.1 Å². The van der Waals surface area contributed by atoms with Gasteiger partial charge in [0.25, 0.3) is 5.56 Å². The Balaban J connectivity index is 1.80. The molecule has 1 N–H and O–H groups in total. The van der Waals surface area contributed by atoms with Crippen molar-refractivity contribution >= 4 is 16.7 Å². The predicted octanol–water partition coefficient (Wildman–Crippen LogP) is 2.72. The zero-order chi connectivity index (χ0) is 21.8. The summed E-state index contributed by atoms with van der Waals surface area (Å²) in [5.74, 6) is -1.04. The van der Waals surface area contributed by atoms with E-state index < -0.39 is 5.97 Å². The van der Waals surface area contributed by atoms with Crippen LogP contribution in [0, 0.1) is 11.3 Å². The monoisotopic (exact) mass is 416 g/mol. The number of fused-ring (bicyclic) bond motifs is 1. The molecule has 0 unspecified atom stereocenters. The van der Waals surface area contributed by atoms with Gasteiger partial charge in [0.15, 0.2) is 0 Å². The molecule has 3 aromatic rings. The number of rotatable bonds is 6. The van der Waals surface area contributed by atoms with E-state index in [1.54, 1.807) is 28.8 Å². The van der Waals surface area contributed by atoms with E-state index in [9.17, 15) is 14.7 Å². The molecule has 1 fully saturated rings. The molecule has 1 aliphatic rings. The molecule has 2 heterocycles. The van der Waals surface area contributed by atoms with Gasteiger partial charge in [-0.1, -0.05) is 36.4 Å². The first-order valence-corrected chi connectivity index (χ1v) is 10.4. The summed E-state index contributed by atoms with van der Waals surface area (Å²) in [7, 11) is 0. The van der Waals surface area contributed by atoms with Crippen molar-refractivity contribution in [1.82, 2.24) is 14.4 Å². The highest BCUT2D eigenvalue weighted by atomic mass is 16.4. The molecule has 0 radical (unpaired) electrons. The van der Waals surface area contributed by atoms with Crippen molar-refractivity contribution in [1.29, 1.82) is 5.26 Å². The van der Waals surface area contributed by atoms with Crippen molar-refractivity contribution in [3.8, 4) is 11.8 Å². The number of aromatic nitrogens is 1. The van der Waals surface area contributed by atoms with Crippen LogP contribution in [0.3, 0.4) is 0 Å². The van der Waals surface area contributed by atoms with E-state index >= 15 is 0 Å². The van der Waals surface area contributed by atoms with E-state index in [0.29, 0.717) is 35.1 Å². The number of carbonyl (C=O) groups is 1. The van der Waals surface area contributed by atoms with Crippen LogP contribution in [0.25, 0.3) is 16.5 Å². The lowest BCUT2D eigenvalue weighted by Gasteiger charge is -2.35. The first kappa shape index (κ1) is 20.8. The van der Waals surface area contributed by atoms with Gasteiger partial charge in [-0.2, -0.15) is 5.26 Å². The summed E-state index contributed by atoms with van der Waals surface area (Å²) >= 11 is 0. The van der Waals surface area contributed by atoms with Gasteiger partial charge in [0.1, 0.15) is 0 Å². The van der Waals surface area contributed by atoms with Crippen LogP contribution in [0.1, 0.15) is 22.5 Å². The van der Waals surface area contributed by atoms with Crippen LogP contribution in [0.2, 0.25) is 0 Å². The van der Waals surface area contributed by atoms with E-state index in [1.807, 2.05) is 30.3 Å². The molecule has 1 aliphatic heterocycles. The fourth-order valence-corrected chi connectivity index (χ4v) is 4.23. The van der Waals surface area contributed by atoms with E-state index in [4.69, 9.17) is 5.26 Å². The first-order valence-electron chi connectivity index (χ1n) is 10.4. The molecule has 0 atom stereocenters. The number of para-hydroxylation sites is 1. The SMILES string of the molecule is N#CCCN1CCN(Cc2c(C(=O)O)c3ccccc3c(=O)n2-c2ccccc2)CC1. The predicted molar refractivity (Wildman–Crippen MR) is 118 cm³/mol. The highest BCUT2D eigenvalue weighted by molar-refractivity contribution is 6.04. The second-order valence-corrected chi connectivity index (χ2v) is 7.67. The second kappa shape index (κ2) is 9.13. The Hall–Kier alpha value is -3.47. The third-order valence-electron chi connectivity index (χ3n) is 5.79. The number of carboxylic acid groups (broad SMARTS) is 1. The quantitative estimate of drug-likeness (QED) is 0.665. The van der Waals surface area contributed by atoms with E-state index in [0.717, 1.165) is 32.7 Å². The lowest BCUT2D eigenvalue weighted by Crippen LogP contribution is -2.46. The molecule has 7 heteroatoms. The van der Waals surface area contributed by atoms with Crippen LogP contribution in [-0.2, 0) is 6.54 Å². The fraction of sp³-hybridized carbons (Fsp3) is 0.292. The highest BCUT2D eigenvalue weighted by Gasteiger charge is 2.25. The molecule has 4 rings (SSSR count). The third kappa shape index (κ3) is 4.22.